The molecule has 4 rings (SSSR count). The van der Waals surface area contributed by atoms with Gasteiger partial charge in [-0.2, -0.15) is 0 Å². The highest BCUT2D eigenvalue weighted by atomic mass is 16.6. The number of aromatic nitrogens is 1. The number of carbonyl (C=O) groups excluding carboxylic acids is 1. The molecule has 0 bridgehead atoms. The summed E-state index contributed by atoms with van der Waals surface area (Å²) in [4.78, 5) is 25.7. The zero-order valence-corrected chi connectivity index (χ0v) is 18.9. The third-order valence-corrected chi connectivity index (χ3v) is 5.47. The zero-order chi connectivity index (χ0) is 22.2. The van der Waals surface area contributed by atoms with Gasteiger partial charge in [-0.25, -0.2) is 9.78 Å². The van der Waals surface area contributed by atoms with Crippen molar-refractivity contribution in [2.24, 2.45) is 4.99 Å². The molecule has 0 N–H and O–H groups in total. The maximum Gasteiger partial charge on any atom is 0.410 e. The molecule has 0 aliphatic carbocycles. The van der Waals surface area contributed by atoms with Gasteiger partial charge in [-0.05, 0) is 57.0 Å². The SMILES string of the molecule is COc1ncc(C)cc1C1=Nc2cc(N3CCN(C(=O)OC(C)(C)C)CC3)ccc2C1. The van der Waals surface area contributed by atoms with Gasteiger partial charge >= 0.3 is 6.09 Å². The summed E-state index contributed by atoms with van der Waals surface area (Å²) in [7, 11) is 1.64. The van der Waals surface area contributed by atoms with Gasteiger partial charge in [0.05, 0.1) is 24.1 Å². The van der Waals surface area contributed by atoms with E-state index < -0.39 is 5.60 Å². The molecule has 1 aromatic carbocycles. The molecule has 2 aromatic rings. The van der Waals surface area contributed by atoms with E-state index in [0.717, 1.165) is 47.7 Å². The molecular weight excluding hydrogens is 392 g/mol. The van der Waals surface area contributed by atoms with Gasteiger partial charge in [-0.15, -0.1) is 0 Å². The molecule has 0 spiro atoms. The average Bonchev–Trinajstić information content (AvgIpc) is 3.16. The molecular formula is C24H30N4O3. The van der Waals surface area contributed by atoms with Crippen LogP contribution in [0.1, 0.15) is 37.5 Å². The Morgan fingerprint density at radius 2 is 1.84 bits per heavy atom. The molecule has 7 heteroatoms. The summed E-state index contributed by atoms with van der Waals surface area (Å²) in [5, 5.41) is 0. The molecule has 1 aromatic heterocycles. The lowest BCUT2D eigenvalue weighted by Crippen LogP contribution is -2.50. The van der Waals surface area contributed by atoms with Crippen LogP contribution in [-0.2, 0) is 11.2 Å². The second-order valence-electron chi connectivity index (χ2n) is 9.07. The Morgan fingerprint density at radius 3 is 2.52 bits per heavy atom. The van der Waals surface area contributed by atoms with E-state index in [2.05, 4.69) is 34.1 Å². The summed E-state index contributed by atoms with van der Waals surface area (Å²) in [6.45, 7) is 10.5. The van der Waals surface area contributed by atoms with Crippen LogP contribution in [0.25, 0.3) is 0 Å². The van der Waals surface area contributed by atoms with E-state index >= 15 is 0 Å². The number of fused-ring (bicyclic) bond motifs is 1. The number of rotatable bonds is 3. The number of pyridine rings is 1. The van der Waals surface area contributed by atoms with Crippen molar-refractivity contribution in [3.63, 3.8) is 0 Å². The summed E-state index contributed by atoms with van der Waals surface area (Å²) < 4.78 is 10.9. The Labute approximate surface area is 183 Å². The normalized spacial score (nSPS) is 16.1. The second-order valence-corrected chi connectivity index (χ2v) is 9.07. The van der Waals surface area contributed by atoms with Gasteiger partial charge in [0, 0.05) is 44.5 Å². The Kier molecular flexibility index (Phi) is 5.60. The molecule has 7 nitrogen and oxygen atoms in total. The molecule has 0 saturated carbocycles. The first-order chi connectivity index (χ1) is 14.7. The fraction of sp³-hybridized carbons (Fsp3) is 0.458. The van der Waals surface area contributed by atoms with E-state index in [1.807, 2.05) is 27.7 Å². The first-order valence-corrected chi connectivity index (χ1v) is 10.7. The van der Waals surface area contributed by atoms with Gasteiger partial charge in [-0.3, -0.25) is 4.99 Å². The van der Waals surface area contributed by atoms with Crippen molar-refractivity contribution in [3.8, 4) is 5.88 Å². The number of methoxy groups -OCH3 is 1. The topological polar surface area (TPSA) is 67.3 Å². The lowest BCUT2D eigenvalue weighted by Gasteiger charge is -2.36. The summed E-state index contributed by atoms with van der Waals surface area (Å²) in [6.07, 6.45) is 2.33. The number of anilines is 1. The fourth-order valence-electron chi connectivity index (χ4n) is 3.92. The number of carbonyl (C=O) groups is 1. The molecule has 164 valence electrons. The first kappa shape index (κ1) is 21.2. The van der Waals surface area contributed by atoms with Crippen molar-refractivity contribution in [2.75, 3.05) is 38.2 Å². The van der Waals surface area contributed by atoms with Gasteiger partial charge < -0.3 is 19.3 Å². The molecule has 1 fully saturated rings. The van der Waals surface area contributed by atoms with Crippen LogP contribution >= 0.6 is 0 Å². The quantitative estimate of drug-likeness (QED) is 0.744. The monoisotopic (exact) mass is 422 g/mol. The third-order valence-electron chi connectivity index (χ3n) is 5.47. The minimum Gasteiger partial charge on any atom is -0.481 e. The molecule has 0 radical (unpaired) electrons. The minimum atomic E-state index is -0.473. The fourth-order valence-corrected chi connectivity index (χ4v) is 3.92. The van der Waals surface area contributed by atoms with E-state index in [-0.39, 0.29) is 6.09 Å². The molecule has 1 amide bonds. The maximum atomic E-state index is 12.3. The van der Waals surface area contributed by atoms with Gasteiger partial charge in [0.1, 0.15) is 5.60 Å². The maximum absolute atomic E-state index is 12.3. The number of benzene rings is 1. The average molecular weight is 423 g/mol. The number of piperazine rings is 1. The molecule has 0 unspecified atom stereocenters. The standard InChI is InChI=1S/C24H30N4O3/c1-16-12-19(22(30-5)25-15-16)21-13-17-6-7-18(14-20(17)26-21)27-8-10-28(11-9-27)23(29)31-24(2,3)4/h6-7,12,14-15H,8-11,13H2,1-5H3. The van der Waals surface area contributed by atoms with Gasteiger partial charge in [0.2, 0.25) is 5.88 Å². The Morgan fingerprint density at radius 1 is 1.10 bits per heavy atom. The van der Waals surface area contributed by atoms with Gasteiger partial charge in [0.15, 0.2) is 0 Å². The summed E-state index contributed by atoms with van der Waals surface area (Å²) >= 11 is 0. The summed E-state index contributed by atoms with van der Waals surface area (Å²) in [5.74, 6) is 0.607. The Bertz CT molecular complexity index is 1020. The molecule has 3 heterocycles. The molecule has 2 aliphatic heterocycles. The lowest BCUT2D eigenvalue weighted by atomic mass is 10.0. The van der Waals surface area contributed by atoms with Crippen molar-refractivity contribution in [1.82, 2.24) is 9.88 Å². The number of hydrogen-bond acceptors (Lipinski definition) is 6. The van der Waals surface area contributed by atoms with Crippen LogP contribution in [0, 0.1) is 6.92 Å². The zero-order valence-electron chi connectivity index (χ0n) is 18.9. The van der Waals surface area contributed by atoms with Crippen LogP contribution in [0.4, 0.5) is 16.2 Å². The number of aliphatic imine (C=N–C) groups is 1. The number of nitrogens with zero attached hydrogens (tertiary/aromatic N) is 4. The van der Waals surface area contributed by atoms with E-state index in [1.165, 1.54) is 5.56 Å². The van der Waals surface area contributed by atoms with E-state index in [1.54, 1.807) is 18.2 Å². The lowest BCUT2D eigenvalue weighted by molar-refractivity contribution is 0.0240. The highest BCUT2D eigenvalue weighted by Gasteiger charge is 2.27. The van der Waals surface area contributed by atoms with Crippen LogP contribution in [0.5, 0.6) is 5.88 Å². The summed E-state index contributed by atoms with van der Waals surface area (Å²) in [6, 6.07) is 8.51. The first-order valence-electron chi connectivity index (χ1n) is 10.7. The number of hydrogen-bond donors (Lipinski definition) is 0. The molecule has 1 saturated heterocycles. The van der Waals surface area contributed by atoms with Crippen LogP contribution in [0.2, 0.25) is 0 Å². The minimum absolute atomic E-state index is 0.240. The molecule has 0 atom stereocenters. The van der Waals surface area contributed by atoms with E-state index in [0.29, 0.717) is 19.0 Å². The van der Waals surface area contributed by atoms with Crippen molar-refractivity contribution in [3.05, 3.63) is 47.2 Å². The highest BCUT2D eigenvalue weighted by molar-refractivity contribution is 6.08. The Hall–Kier alpha value is -3.09. The number of amides is 1. The van der Waals surface area contributed by atoms with Gasteiger partial charge in [0.25, 0.3) is 0 Å². The van der Waals surface area contributed by atoms with Crippen LogP contribution in [-0.4, -0.2) is 60.6 Å². The molecule has 31 heavy (non-hydrogen) atoms. The predicted molar refractivity (Wildman–Crippen MR) is 122 cm³/mol. The predicted octanol–water partition coefficient (Wildman–Crippen LogP) is 4.13. The van der Waals surface area contributed by atoms with Crippen molar-refractivity contribution >= 4 is 23.2 Å². The van der Waals surface area contributed by atoms with Gasteiger partial charge in [-0.1, -0.05) is 6.07 Å². The smallest absolute Gasteiger partial charge is 0.410 e. The van der Waals surface area contributed by atoms with E-state index in [4.69, 9.17) is 14.5 Å². The number of aryl methyl sites for hydroxylation is 1. The number of ether oxygens (including phenoxy) is 2. The molecule has 2 aliphatic rings. The highest BCUT2D eigenvalue weighted by Crippen LogP contribution is 2.34. The van der Waals surface area contributed by atoms with Crippen LogP contribution in [0.3, 0.4) is 0 Å². The van der Waals surface area contributed by atoms with Crippen molar-refractivity contribution < 1.29 is 14.3 Å². The van der Waals surface area contributed by atoms with Crippen molar-refractivity contribution in [2.45, 2.75) is 39.7 Å². The largest absolute Gasteiger partial charge is 0.481 e. The second kappa shape index (κ2) is 8.21. The summed E-state index contributed by atoms with van der Waals surface area (Å²) in [5.41, 5.74) is 5.86. The van der Waals surface area contributed by atoms with Crippen LogP contribution in [0.15, 0.2) is 35.5 Å². The van der Waals surface area contributed by atoms with Crippen molar-refractivity contribution in [1.29, 1.82) is 0 Å². The third kappa shape index (κ3) is 4.65. The van der Waals surface area contributed by atoms with E-state index in [9.17, 15) is 4.79 Å². The van der Waals surface area contributed by atoms with Crippen LogP contribution < -0.4 is 9.64 Å². The Balaban J connectivity index is 1.47.